The van der Waals surface area contributed by atoms with Gasteiger partial charge in [-0.3, -0.25) is 4.79 Å². The number of rotatable bonds is 3. The number of halogens is 1. The number of carbonyl (C=O) groups is 3. The largest absolute Gasteiger partial charge is 0.445 e. The molecular formula is C13H12BrNO5. The minimum Gasteiger partial charge on any atom is -0.445 e. The van der Waals surface area contributed by atoms with E-state index in [1.807, 2.05) is 24.3 Å². The van der Waals surface area contributed by atoms with Crippen LogP contribution in [0.4, 0.5) is 4.79 Å². The van der Waals surface area contributed by atoms with Gasteiger partial charge in [-0.15, -0.1) is 0 Å². The van der Waals surface area contributed by atoms with E-state index < -0.39 is 24.1 Å². The summed E-state index contributed by atoms with van der Waals surface area (Å²) >= 11 is 3.30. The van der Waals surface area contributed by atoms with Crippen LogP contribution in [0.5, 0.6) is 0 Å². The smallest absolute Gasteiger partial charge is 0.408 e. The Morgan fingerprint density at radius 3 is 2.70 bits per heavy atom. The van der Waals surface area contributed by atoms with Crippen LogP contribution in [-0.2, 0) is 25.7 Å². The van der Waals surface area contributed by atoms with Crippen LogP contribution in [-0.4, -0.2) is 24.1 Å². The number of benzene rings is 1. The van der Waals surface area contributed by atoms with Crippen LogP contribution < -0.4 is 5.32 Å². The van der Waals surface area contributed by atoms with E-state index in [2.05, 4.69) is 26.0 Å². The third-order valence-electron chi connectivity index (χ3n) is 2.71. The zero-order valence-electron chi connectivity index (χ0n) is 10.4. The fraction of sp³-hybridized carbons (Fsp3) is 0.308. The van der Waals surface area contributed by atoms with Crippen molar-refractivity contribution in [1.29, 1.82) is 0 Å². The van der Waals surface area contributed by atoms with Gasteiger partial charge in [0.05, 0.1) is 0 Å². The molecule has 0 saturated carbocycles. The Morgan fingerprint density at radius 2 is 2.05 bits per heavy atom. The van der Waals surface area contributed by atoms with Crippen LogP contribution in [0.2, 0.25) is 0 Å². The zero-order chi connectivity index (χ0) is 14.5. The minimum absolute atomic E-state index is 0.0970. The topological polar surface area (TPSA) is 81.7 Å². The molecule has 1 heterocycles. The first-order valence-corrected chi connectivity index (χ1v) is 6.76. The van der Waals surface area contributed by atoms with Gasteiger partial charge in [0.2, 0.25) is 0 Å². The molecule has 0 spiro atoms. The van der Waals surface area contributed by atoms with Gasteiger partial charge < -0.3 is 14.8 Å². The first-order valence-electron chi connectivity index (χ1n) is 5.97. The molecule has 0 unspecified atom stereocenters. The molecule has 1 fully saturated rings. The summed E-state index contributed by atoms with van der Waals surface area (Å²) in [5.74, 6) is -1.32. The molecule has 106 valence electrons. The van der Waals surface area contributed by atoms with E-state index in [9.17, 15) is 14.4 Å². The standard InChI is InChI=1S/C13H12BrNO5/c14-9-3-1-8(2-4-9)7-19-13(18)15-10-5-6-11(16)20-12(10)17/h1-4,10H,5-7H2,(H,15,18)/t10-/m0/s1. The average molecular weight is 342 g/mol. The van der Waals surface area contributed by atoms with Crippen LogP contribution >= 0.6 is 15.9 Å². The maximum absolute atomic E-state index is 11.5. The van der Waals surface area contributed by atoms with Gasteiger partial charge in [0.25, 0.3) is 0 Å². The summed E-state index contributed by atoms with van der Waals surface area (Å²) in [6.07, 6.45) is -0.390. The molecule has 1 aliphatic rings. The third-order valence-corrected chi connectivity index (χ3v) is 3.24. The summed E-state index contributed by atoms with van der Waals surface area (Å²) < 4.78 is 10.3. The summed E-state index contributed by atoms with van der Waals surface area (Å²) in [6.45, 7) is 0.0970. The minimum atomic E-state index is -0.829. The zero-order valence-corrected chi connectivity index (χ0v) is 12.0. The molecule has 0 aromatic heterocycles. The predicted molar refractivity (Wildman–Crippen MR) is 71.6 cm³/mol. The van der Waals surface area contributed by atoms with Crippen molar-refractivity contribution in [3.8, 4) is 0 Å². The Labute approximate surface area is 123 Å². The molecule has 1 atom stereocenters. The lowest BCUT2D eigenvalue weighted by Gasteiger charge is -2.20. The molecule has 1 aromatic rings. The Morgan fingerprint density at radius 1 is 1.35 bits per heavy atom. The van der Waals surface area contributed by atoms with Gasteiger partial charge >= 0.3 is 18.0 Å². The monoisotopic (exact) mass is 341 g/mol. The van der Waals surface area contributed by atoms with Crippen molar-refractivity contribution in [2.45, 2.75) is 25.5 Å². The van der Waals surface area contributed by atoms with E-state index in [1.54, 1.807) is 0 Å². The number of nitrogens with one attached hydrogen (secondary N) is 1. The van der Waals surface area contributed by atoms with E-state index >= 15 is 0 Å². The quantitative estimate of drug-likeness (QED) is 0.670. The summed E-state index contributed by atoms with van der Waals surface area (Å²) in [7, 11) is 0. The van der Waals surface area contributed by atoms with Gasteiger partial charge in [-0.25, -0.2) is 9.59 Å². The van der Waals surface area contributed by atoms with Crippen molar-refractivity contribution in [2.75, 3.05) is 0 Å². The normalized spacial score (nSPS) is 18.4. The van der Waals surface area contributed by atoms with E-state index in [4.69, 9.17) is 4.74 Å². The first kappa shape index (κ1) is 14.5. The summed E-state index contributed by atoms with van der Waals surface area (Å²) in [5.41, 5.74) is 0.824. The highest BCUT2D eigenvalue weighted by Crippen LogP contribution is 2.12. The number of hydrogen-bond donors (Lipinski definition) is 1. The summed E-state index contributed by atoms with van der Waals surface area (Å²) in [4.78, 5) is 33.7. The Bertz CT molecular complexity index is 528. The lowest BCUT2D eigenvalue weighted by Crippen LogP contribution is -2.45. The lowest BCUT2D eigenvalue weighted by molar-refractivity contribution is -0.165. The van der Waals surface area contributed by atoms with Gasteiger partial charge in [-0.2, -0.15) is 0 Å². The number of amides is 1. The van der Waals surface area contributed by atoms with Crippen molar-refractivity contribution in [3.63, 3.8) is 0 Å². The predicted octanol–water partition coefficient (Wildman–Crippen LogP) is 1.91. The molecule has 1 amide bonds. The SMILES string of the molecule is O=C1CC[C@H](NC(=O)OCc2ccc(Br)cc2)C(=O)O1. The molecule has 2 rings (SSSR count). The maximum Gasteiger partial charge on any atom is 0.408 e. The number of alkyl carbamates (subject to hydrolysis) is 1. The van der Waals surface area contributed by atoms with Crippen LogP contribution in [0.3, 0.4) is 0 Å². The third kappa shape index (κ3) is 4.06. The molecular weight excluding hydrogens is 330 g/mol. The Kier molecular flexibility index (Phi) is 4.73. The average Bonchev–Trinajstić information content (AvgIpc) is 2.41. The van der Waals surface area contributed by atoms with E-state index in [0.717, 1.165) is 10.0 Å². The second-order valence-electron chi connectivity index (χ2n) is 4.23. The molecule has 1 aromatic carbocycles. The molecule has 20 heavy (non-hydrogen) atoms. The van der Waals surface area contributed by atoms with Gasteiger partial charge in [0.1, 0.15) is 12.6 Å². The highest BCUT2D eigenvalue weighted by atomic mass is 79.9. The Balaban J connectivity index is 1.79. The van der Waals surface area contributed by atoms with Crippen LogP contribution in [0.25, 0.3) is 0 Å². The van der Waals surface area contributed by atoms with Crippen molar-refractivity contribution in [1.82, 2.24) is 5.32 Å². The van der Waals surface area contributed by atoms with Crippen LogP contribution in [0, 0.1) is 0 Å². The fourth-order valence-corrected chi connectivity index (χ4v) is 1.92. The van der Waals surface area contributed by atoms with Crippen LogP contribution in [0.1, 0.15) is 18.4 Å². The van der Waals surface area contributed by atoms with Crippen molar-refractivity contribution in [2.24, 2.45) is 0 Å². The second kappa shape index (κ2) is 6.51. The van der Waals surface area contributed by atoms with Crippen molar-refractivity contribution < 1.29 is 23.9 Å². The van der Waals surface area contributed by atoms with Crippen LogP contribution in [0.15, 0.2) is 28.7 Å². The maximum atomic E-state index is 11.5. The number of carbonyl (C=O) groups excluding carboxylic acids is 3. The molecule has 7 heteroatoms. The fourth-order valence-electron chi connectivity index (χ4n) is 1.66. The molecule has 0 radical (unpaired) electrons. The molecule has 1 N–H and O–H groups in total. The van der Waals surface area contributed by atoms with Gasteiger partial charge in [-0.05, 0) is 24.1 Å². The van der Waals surface area contributed by atoms with E-state index in [1.165, 1.54) is 0 Å². The number of cyclic esters (lactones) is 2. The van der Waals surface area contributed by atoms with E-state index in [0.29, 0.717) is 0 Å². The molecule has 6 nitrogen and oxygen atoms in total. The number of esters is 2. The lowest BCUT2D eigenvalue weighted by atomic mass is 10.1. The van der Waals surface area contributed by atoms with Gasteiger partial charge in [0, 0.05) is 10.9 Å². The van der Waals surface area contributed by atoms with Gasteiger partial charge in [-0.1, -0.05) is 28.1 Å². The molecule has 0 aliphatic carbocycles. The number of ether oxygens (including phenoxy) is 2. The van der Waals surface area contributed by atoms with E-state index in [-0.39, 0.29) is 19.4 Å². The first-order chi connectivity index (χ1) is 9.54. The molecule has 0 bridgehead atoms. The summed E-state index contributed by atoms with van der Waals surface area (Å²) in [5, 5.41) is 2.37. The van der Waals surface area contributed by atoms with Gasteiger partial charge in [0.15, 0.2) is 0 Å². The highest BCUT2D eigenvalue weighted by Gasteiger charge is 2.30. The molecule has 1 aliphatic heterocycles. The Hall–Kier alpha value is -1.89. The summed E-state index contributed by atoms with van der Waals surface area (Å²) in [6, 6.07) is 6.46. The van der Waals surface area contributed by atoms with Crippen molar-refractivity contribution in [3.05, 3.63) is 34.3 Å². The number of hydrogen-bond acceptors (Lipinski definition) is 5. The van der Waals surface area contributed by atoms with Crippen molar-refractivity contribution >= 4 is 34.0 Å². The molecule has 1 saturated heterocycles. The highest BCUT2D eigenvalue weighted by molar-refractivity contribution is 9.10. The second-order valence-corrected chi connectivity index (χ2v) is 5.15.